The molecule has 0 aromatic heterocycles. The average molecular weight is 329 g/mol. The summed E-state index contributed by atoms with van der Waals surface area (Å²) in [6.45, 7) is 2.55. The molecule has 0 spiro atoms. The fraction of sp³-hybridized carbons (Fsp3) is 0.136. The molecule has 1 heterocycles. The molecule has 0 atom stereocenters. The lowest BCUT2D eigenvalue weighted by Crippen LogP contribution is -2.20. The molecule has 25 heavy (non-hydrogen) atoms. The van der Waals surface area contributed by atoms with E-state index in [9.17, 15) is 4.79 Å². The standard InChI is InChI=1S/C22H19NO2/c1-3-25-21-13-12-15-8-4-5-9-16(15)18(21)14-19-17-10-6-7-11-20(17)23(2)22(19)24/h4-14H,3H2,1-2H3/b19-14+. The summed E-state index contributed by atoms with van der Waals surface area (Å²) in [5.74, 6) is 0.810. The van der Waals surface area contributed by atoms with Gasteiger partial charge in [-0.15, -0.1) is 0 Å². The van der Waals surface area contributed by atoms with Crippen LogP contribution in [0.2, 0.25) is 0 Å². The molecule has 0 unspecified atom stereocenters. The number of ether oxygens (including phenoxy) is 1. The van der Waals surface area contributed by atoms with Gasteiger partial charge in [0, 0.05) is 23.7 Å². The zero-order chi connectivity index (χ0) is 17.4. The zero-order valence-electron chi connectivity index (χ0n) is 14.3. The second-order valence-corrected chi connectivity index (χ2v) is 6.07. The molecule has 0 radical (unpaired) electrons. The number of rotatable bonds is 3. The highest BCUT2D eigenvalue weighted by Crippen LogP contribution is 2.39. The number of carbonyl (C=O) groups is 1. The molecule has 0 aliphatic carbocycles. The lowest BCUT2D eigenvalue weighted by atomic mass is 9.98. The van der Waals surface area contributed by atoms with Gasteiger partial charge >= 0.3 is 0 Å². The highest BCUT2D eigenvalue weighted by molar-refractivity contribution is 6.36. The molecule has 3 nitrogen and oxygen atoms in total. The molecule has 0 fully saturated rings. The highest BCUT2D eigenvalue weighted by atomic mass is 16.5. The molecule has 124 valence electrons. The number of hydrogen-bond acceptors (Lipinski definition) is 2. The monoisotopic (exact) mass is 329 g/mol. The Kier molecular flexibility index (Phi) is 3.77. The van der Waals surface area contributed by atoms with Crippen LogP contribution in [0, 0.1) is 0 Å². The van der Waals surface area contributed by atoms with Crippen LogP contribution in [-0.4, -0.2) is 19.6 Å². The third kappa shape index (κ3) is 2.49. The Morgan fingerprint density at radius 2 is 1.76 bits per heavy atom. The summed E-state index contributed by atoms with van der Waals surface area (Å²) in [6.07, 6.45) is 1.97. The van der Waals surface area contributed by atoms with Crippen molar-refractivity contribution >= 4 is 34.0 Å². The van der Waals surface area contributed by atoms with Crippen LogP contribution < -0.4 is 9.64 Å². The quantitative estimate of drug-likeness (QED) is 0.649. The van der Waals surface area contributed by atoms with Gasteiger partial charge in [-0.3, -0.25) is 4.79 Å². The number of amides is 1. The Bertz CT molecular complexity index is 1000. The van der Waals surface area contributed by atoms with E-state index in [2.05, 4.69) is 18.2 Å². The van der Waals surface area contributed by atoms with Crippen LogP contribution in [-0.2, 0) is 4.79 Å². The normalized spacial score (nSPS) is 15.0. The summed E-state index contributed by atoms with van der Waals surface area (Å²) in [5, 5.41) is 2.21. The fourth-order valence-electron chi connectivity index (χ4n) is 3.39. The molecule has 3 heteroatoms. The third-order valence-electron chi connectivity index (χ3n) is 4.61. The van der Waals surface area contributed by atoms with Crippen LogP contribution in [0.1, 0.15) is 18.1 Å². The summed E-state index contributed by atoms with van der Waals surface area (Å²) in [6, 6.07) is 20.1. The largest absolute Gasteiger partial charge is 0.493 e. The molecule has 0 bridgehead atoms. The zero-order valence-corrected chi connectivity index (χ0v) is 14.3. The lowest BCUT2D eigenvalue weighted by Gasteiger charge is -2.11. The Morgan fingerprint density at radius 1 is 1.00 bits per heavy atom. The first-order chi connectivity index (χ1) is 12.2. The van der Waals surface area contributed by atoms with Gasteiger partial charge in [-0.1, -0.05) is 48.5 Å². The van der Waals surface area contributed by atoms with E-state index in [1.165, 1.54) is 0 Å². The maximum Gasteiger partial charge on any atom is 0.258 e. The summed E-state index contributed by atoms with van der Waals surface area (Å²) in [5.41, 5.74) is 3.56. The van der Waals surface area contributed by atoms with Crippen molar-refractivity contribution in [3.8, 4) is 5.75 Å². The maximum atomic E-state index is 12.8. The van der Waals surface area contributed by atoms with Gasteiger partial charge in [0.1, 0.15) is 5.75 Å². The number of carbonyl (C=O) groups excluding carboxylic acids is 1. The minimum Gasteiger partial charge on any atom is -0.493 e. The first kappa shape index (κ1) is 15.5. The van der Waals surface area contributed by atoms with Gasteiger partial charge in [0.2, 0.25) is 0 Å². The predicted octanol–water partition coefficient (Wildman–Crippen LogP) is 4.76. The molecule has 3 aromatic rings. The van der Waals surface area contributed by atoms with Crippen LogP contribution in [0.25, 0.3) is 22.4 Å². The van der Waals surface area contributed by atoms with Crippen LogP contribution in [0.3, 0.4) is 0 Å². The molecule has 1 aliphatic heterocycles. The van der Waals surface area contributed by atoms with Crippen molar-refractivity contribution in [2.75, 3.05) is 18.6 Å². The second-order valence-electron chi connectivity index (χ2n) is 6.07. The van der Waals surface area contributed by atoms with E-state index in [1.807, 2.05) is 62.5 Å². The van der Waals surface area contributed by atoms with E-state index in [0.717, 1.165) is 33.3 Å². The Morgan fingerprint density at radius 3 is 2.60 bits per heavy atom. The average Bonchev–Trinajstić information content (AvgIpc) is 2.89. The molecule has 4 rings (SSSR count). The van der Waals surface area contributed by atoms with Crippen LogP contribution in [0.15, 0.2) is 60.7 Å². The summed E-state index contributed by atoms with van der Waals surface area (Å²) in [4.78, 5) is 14.5. The Labute approximate surface area is 147 Å². The first-order valence-corrected chi connectivity index (χ1v) is 8.44. The van der Waals surface area contributed by atoms with Gasteiger partial charge in [0.15, 0.2) is 0 Å². The highest BCUT2D eigenvalue weighted by Gasteiger charge is 2.29. The Balaban J connectivity index is 1.98. The van der Waals surface area contributed by atoms with Gasteiger partial charge in [-0.05, 0) is 35.9 Å². The van der Waals surface area contributed by atoms with Crippen molar-refractivity contribution in [2.45, 2.75) is 6.92 Å². The van der Waals surface area contributed by atoms with Gasteiger partial charge in [0.25, 0.3) is 5.91 Å². The van der Waals surface area contributed by atoms with Gasteiger partial charge in [-0.2, -0.15) is 0 Å². The number of nitrogens with zero attached hydrogens (tertiary/aromatic N) is 1. The second kappa shape index (κ2) is 6.10. The molecule has 1 aliphatic rings. The topological polar surface area (TPSA) is 29.5 Å². The Hall–Kier alpha value is -3.07. The van der Waals surface area contributed by atoms with Crippen molar-refractivity contribution in [2.24, 2.45) is 0 Å². The van der Waals surface area contributed by atoms with Gasteiger partial charge in [0.05, 0.1) is 12.3 Å². The molecule has 3 aromatic carbocycles. The van der Waals surface area contributed by atoms with Crippen molar-refractivity contribution in [1.82, 2.24) is 0 Å². The van der Waals surface area contributed by atoms with Crippen LogP contribution in [0.4, 0.5) is 5.69 Å². The van der Waals surface area contributed by atoms with Crippen molar-refractivity contribution in [3.63, 3.8) is 0 Å². The molecular weight excluding hydrogens is 310 g/mol. The van der Waals surface area contributed by atoms with E-state index in [-0.39, 0.29) is 5.91 Å². The van der Waals surface area contributed by atoms with E-state index in [1.54, 1.807) is 4.90 Å². The van der Waals surface area contributed by atoms with E-state index in [0.29, 0.717) is 12.2 Å². The molecule has 1 amide bonds. The van der Waals surface area contributed by atoms with E-state index >= 15 is 0 Å². The SMILES string of the molecule is CCOc1ccc2ccccc2c1/C=C1/C(=O)N(C)c2ccccc21. The summed E-state index contributed by atoms with van der Waals surface area (Å²) in [7, 11) is 1.81. The van der Waals surface area contributed by atoms with Crippen molar-refractivity contribution < 1.29 is 9.53 Å². The summed E-state index contributed by atoms with van der Waals surface area (Å²) < 4.78 is 5.84. The molecule has 0 saturated heterocycles. The minimum absolute atomic E-state index is 0.0107. The molecule has 0 saturated carbocycles. The van der Waals surface area contributed by atoms with Crippen LogP contribution in [0.5, 0.6) is 5.75 Å². The van der Waals surface area contributed by atoms with E-state index in [4.69, 9.17) is 4.74 Å². The molecular formula is C22H19NO2. The number of anilines is 1. The number of likely N-dealkylation sites (N-methyl/N-ethyl adjacent to an activating group) is 1. The number of para-hydroxylation sites is 1. The van der Waals surface area contributed by atoms with Gasteiger partial charge in [-0.25, -0.2) is 0 Å². The summed E-state index contributed by atoms with van der Waals surface area (Å²) >= 11 is 0. The van der Waals surface area contributed by atoms with Crippen molar-refractivity contribution in [3.05, 3.63) is 71.8 Å². The smallest absolute Gasteiger partial charge is 0.258 e. The maximum absolute atomic E-state index is 12.8. The van der Waals surface area contributed by atoms with E-state index < -0.39 is 0 Å². The number of hydrogen-bond donors (Lipinski definition) is 0. The predicted molar refractivity (Wildman–Crippen MR) is 103 cm³/mol. The number of benzene rings is 3. The molecule has 0 N–H and O–H groups in total. The fourth-order valence-corrected chi connectivity index (χ4v) is 3.39. The minimum atomic E-state index is 0.0107. The van der Waals surface area contributed by atoms with Crippen LogP contribution >= 0.6 is 0 Å². The first-order valence-electron chi connectivity index (χ1n) is 8.44. The van der Waals surface area contributed by atoms with Crippen molar-refractivity contribution in [1.29, 1.82) is 0 Å². The third-order valence-corrected chi connectivity index (χ3v) is 4.61. The number of fused-ring (bicyclic) bond motifs is 2. The lowest BCUT2D eigenvalue weighted by molar-refractivity contribution is -0.112. The van der Waals surface area contributed by atoms with Gasteiger partial charge < -0.3 is 9.64 Å².